The fourth-order valence-electron chi connectivity index (χ4n) is 3.84. The molecule has 0 heterocycles. The van der Waals surface area contributed by atoms with Crippen LogP contribution in [0, 0.1) is 23.2 Å². The summed E-state index contributed by atoms with van der Waals surface area (Å²) >= 11 is 0. The van der Waals surface area contributed by atoms with Gasteiger partial charge in [0.1, 0.15) is 0 Å². The van der Waals surface area contributed by atoms with Gasteiger partial charge >= 0.3 is 0 Å². The first-order chi connectivity index (χ1) is 8.99. The minimum absolute atomic E-state index is 0.522. The molecule has 19 heavy (non-hydrogen) atoms. The maximum Gasteiger partial charge on any atom is -0.0193 e. The maximum atomic E-state index is 2.48. The van der Waals surface area contributed by atoms with Gasteiger partial charge in [0.25, 0.3) is 0 Å². The van der Waals surface area contributed by atoms with E-state index in [-0.39, 0.29) is 0 Å². The van der Waals surface area contributed by atoms with E-state index in [1.165, 1.54) is 50.5 Å². The number of rotatable bonds is 3. The fourth-order valence-corrected chi connectivity index (χ4v) is 3.84. The molecule has 108 valence electrons. The molecule has 2 rings (SSSR count). The Hall–Kier alpha value is -0.520. The maximum absolute atomic E-state index is 2.48. The van der Waals surface area contributed by atoms with Crippen molar-refractivity contribution in [2.45, 2.75) is 72.6 Å². The van der Waals surface area contributed by atoms with Gasteiger partial charge in [0, 0.05) is 0 Å². The second kappa shape index (κ2) is 6.29. The van der Waals surface area contributed by atoms with Crippen LogP contribution >= 0.6 is 0 Å². The Kier molecular flexibility index (Phi) is 4.92. The van der Waals surface area contributed by atoms with Crippen LogP contribution in [0.2, 0.25) is 0 Å². The van der Waals surface area contributed by atoms with Crippen LogP contribution in [0.15, 0.2) is 23.8 Å². The van der Waals surface area contributed by atoms with Crippen LogP contribution in [0.3, 0.4) is 0 Å². The van der Waals surface area contributed by atoms with Crippen LogP contribution in [0.4, 0.5) is 0 Å². The van der Waals surface area contributed by atoms with Gasteiger partial charge in [-0.2, -0.15) is 0 Å². The molecular weight excluding hydrogens is 228 g/mol. The molecule has 0 aliphatic heterocycles. The Bertz CT molecular complexity index is 332. The van der Waals surface area contributed by atoms with E-state index in [1.54, 1.807) is 0 Å². The molecule has 0 aromatic heterocycles. The summed E-state index contributed by atoms with van der Waals surface area (Å²) in [5.74, 6) is 2.77. The highest BCUT2D eigenvalue weighted by Crippen LogP contribution is 2.42. The van der Waals surface area contributed by atoms with Gasteiger partial charge in [0.15, 0.2) is 0 Å². The summed E-state index contributed by atoms with van der Waals surface area (Å²) in [5, 5.41) is 0. The highest BCUT2D eigenvalue weighted by molar-refractivity contribution is 5.23. The molecule has 0 amide bonds. The SMILES string of the molecule is CCC1=CCC(CC2CCC(C(C)(C)C)CC2)C=C1. The van der Waals surface area contributed by atoms with E-state index in [0.717, 1.165) is 17.8 Å². The number of hydrogen-bond acceptors (Lipinski definition) is 0. The first-order valence-electron chi connectivity index (χ1n) is 8.36. The van der Waals surface area contributed by atoms with Gasteiger partial charge in [-0.25, -0.2) is 0 Å². The van der Waals surface area contributed by atoms with Crippen LogP contribution in [-0.2, 0) is 0 Å². The smallest absolute Gasteiger partial charge is 0.0193 e. The third-order valence-electron chi connectivity index (χ3n) is 5.38. The molecule has 0 saturated heterocycles. The first-order valence-corrected chi connectivity index (χ1v) is 8.36. The molecule has 0 nitrogen and oxygen atoms in total. The molecule has 1 unspecified atom stereocenters. The number of allylic oxidation sites excluding steroid dienone is 4. The van der Waals surface area contributed by atoms with Crippen molar-refractivity contribution < 1.29 is 0 Å². The van der Waals surface area contributed by atoms with Crippen molar-refractivity contribution in [3.8, 4) is 0 Å². The standard InChI is InChI=1S/C19H32/c1-5-15-6-8-16(9-7-15)14-17-10-12-18(13-11-17)19(2,3)4/h6-8,16-18H,5,9-14H2,1-4H3. The second-order valence-electron chi connectivity index (χ2n) is 7.81. The minimum atomic E-state index is 0.522. The average Bonchev–Trinajstić information content (AvgIpc) is 2.39. The lowest BCUT2D eigenvalue weighted by Crippen LogP contribution is -2.26. The topological polar surface area (TPSA) is 0 Å². The number of hydrogen-bond donors (Lipinski definition) is 0. The lowest BCUT2D eigenvalue weighted by atomic mass is 9.68. The molecule has 2 aliphatic rings. The molecule has 0 N–H and O–H groups in total. The van der Waals surface area contributed by atoms with Crippen LogP contribution in [0.5, 0.6) is 0 Å². The van der Waals surface area contributed by atoms with Crippen molar-refractivity contribution in [3.05, 3.63) is 23.8 Å². The first kappa shape index (κ1) is 14.9. The summed E-state index contributed by atoms with van der Waals surface area (Å²) in [7, 11) is 0. The van der Waals surface area contributed by atoms with E-state index in [1.807, 2.05) is 0 Å². The third kappa shape index (κ3) is 4.23. The van der Waals surface area contributed by atoms with Gasteiger partial charge in [0.2, 0.25) is 0 Å². The Morgan fingerprint density at radius 2 is 1.79 bits per heavy atom. The predicted octanol–water partition coefficient (Wildman–Crippen LogP) is 6.14. The van der Waals surface area contributed by atoms with Gasteiger partial charge < -0.3 is 0 Å². The van der Waals surface area contributed by atoms with Crippen LogP contribution in [-0.4, -0.2) is 0 Å². The van der Waals surface area contributed by atoms with Gasteiger partial charge in [-0.3, -0.25) is 0 Å². The summed E-state index contributed by atoms with van der Waals surface area (Å²) < 4.78 is 0. The Labute approximate surface area is 120 Å². The van der Waals surface area contributed by atoms with Crippen molar-refractivity contribution in [1.29, 1.82) is 0 Å². The lowest BCUT2D eigenvalue weighted by Gasteiger charge is -2.37. The molecule has 0 spiro atoms. The van der Waals surface area contributed by atoms with Crippen LogP contribution < -0.4 is 0 Å². The molecule has 1 fully saturated rings. The quantitative estimate of drug-likeness (QED) is 0.571. The van der Waals surface area contributed by atoms with Gasteiger partial charge in [-0.1, -0.05) is 64.3 Å². The fraction of sp³-hybridized carbons (Fsp3) is 0.789. The molecule has 0 aromatic rings. The average molecular weight is 260 g/mol. The van der Waals surface area contributed by atoms with Crippen molar-refractivity contribution >= 4 is 0 Å². The largest absolute Gasteiger partial charge is 0.0808 e. The Balaban J connectivity index is 1.75. The van der Waals surface area contributed by atoms with Gasteiger partial charge in [-0.15, -0.1) is 0 Å². The van der Waals surface area contributed by atoms with Gasteiger partial charge in [-0.05, 0) is 55.3 Å². The summed E-state index contributed by atoms with van der Waals surface area (Å²) in [5.41, 5.74) is 2.06. The third-order valence-corrected chi connectivity index (χ3v) is 5.38. The molecule has 0 heteroatoms. The molecule has 2 aliphatic carbocycles. The highest BCUT2D eigenvalue weighted by Gasteiger charge is 2.30. The molecule has 0 aromatic carbocycles. The van der Waals surface area contributed by atoms with E-state index >= 15 is 0 Å². The van der Waals surface area contributed by atoms with E-state index in [9.17, 15) is 0 Å². The Morgan fingerprint density at radius 1 is 1.11 bits per heavy atom. The van der Waals surface area contributed by atoms with Crippen molar-refractivity contribution in [2.75, 3.05) is 0 Å². The molecular formula is C19H32. The summed E-state index contributed by atoms with van der Waals surface area (Å²) in [4.78, 5) is 0. The minimum Gasteiger partial charge on any atom is -0.0808 e. The van der Waals surface area contributed by atoms with E-state index < -0.39 is 0 Å². The summed E-state index contributed by atoms with van der Waals surface area (Å²) in [6.45, 7) is 9.50. The zero-order valence-electron chi connectivity index (χ0n) is 13.4. The van der Waals surface area contributed by atoms with Crippen molar-refractivity contribution in [1.82, 2.24) is 0 Å². The highest BCUT2D eigenvalue weighted by atomic mass is 14.4. The molecule has 1 atom stereocenters. The van der Waals surface area contributed by atoms with Crippen LogP contribution in [0.25, 0.3) is 0 Å². The molecule has 1 saturated carbocycles. The molecule has 0 radical (unpaired) electrons. The summed E-state index contributed by atoms with van der Waals surface area (Å²) in [6, 6.07) is 0. The van der Waals surface area contributed by atoms with E-state index in [0.29, 0.717) is 5.41 Å². The monoisotopic (exact) mass is 260 g/mol. The van der Waals surface area contributed by atoms with Crippen LogP contribution in [0.1, 0.15) is 72.6 Å². The summed E-state index contributed by atoms with van der Waals surface area (Å²) in [6.07, 6.45) is 17.1. The zero-order chi connectivity index (χ0) is 13.9. The second-order valence-corrected chi connectivity index (χ2v) is 7.81. The predicted molar refractivity (Wildman–Crippen MR) is 85.1 cm³/mol. The van der Waals surface area contributed by atoms with E-state index in [4.69, 9.17) is 0 Å². The molecule has 0 bridgehead atoms. The Morgan fingerprint density at radius 3 is 2.26 bits per heavy atom. The zero-order valence-corrected chi connectivity index (χ0v) is 13.4. The normalized spacial score (nSPS) is 32.2. The van der Waals surface area contributed by atoms with Crippen molar-refractivity contribution in [2.24, 2.45) is 23.2 Å². The lowest BCUT2D eigenvalue weighted by molar-refractivity contribution is 0.142. The van der Waals surface area contributed by atoms with Crippen molar-refractivity contribution in [3.63, 3.8) is 0 Å². The van der Waals surface area contributed by atoms with Gasteiger partial charge in [0.05, 0.1) is 0 Å². The van der Waals surface area contributed by atoms with E-state index in [2.05, 4.69) is 45.9 Å².